The average molecular weight is 397 g/mol. The molecule has 1 aliphatic rings. The van der Waals surface area contributed by atoms with E-state index in [4.69, 9.17) is 9.47 Å². The maximum Gasteiger partial charge on any atom is 0.251 e. The minimum absolute atomic E-state index is 0.0930. The van der Waals surface area contributed by atoms with Crippen LogP contribution in [0.15, 0.2) is 48.5 Å². The Labute approximate surface area is 174 Å². The molecule has 2 atom stereocenters. The third-order valence-electron chi connectivity index (χ3n) is 5.41. The van der Waals surface area contributed by atoms with Crippen LogP contribution in [0.3, 0.4) is 0 Å². The number of aryl methyl sites for hydroxylation is 1. The van der Waals surface area contributed by atoms with Gasteiger partial charge in [-0.1, -0.05) is 37.3 Å². The minimum Gasteiger partial charge on any atom is -0.491 e. The van der Waals surface area contributed by atoms with Crippen LogP contribution in [0.2, 0.25) is 0 Å². The third-order valence-corrected chi connectivity index (χ3v) is 5.41. The van der Waals surface area contributed by atoms with Gasteiger partial charge >= 0.3 is 0 Å². The number of benzene rings is 2. The first-order valence-corrected chi connectivity index (χ1v) is 10.4. The summed E-state index contributed by atoms with van der Waals surface area (Å²) in [6, 6.07) is 16.1. The Morgan fingerprint density at radius 3 is 2.69 bits per heavy atom. The summed E-state index contributed by atoms with van der Waals surface area (Å²) >= 11 is 0. The fraction of sp³-hybridized carbons (Fsp3) is 0.458. The SMILES string of the molecule is CCc1ccc(C(CNC(=O)c2cccc(OCC3CCCO3)c2)N(C)C)cc1. The molecule has 1 heterocycles. The van der Waals surface area contributed by atoms with Gasteiger partial charge < -0.3 is 19.7 Å². The first kappa shape index (κ1) is 21.3. The number of nitrogens with zero attached hydrogens (tertiary/aromatic N) is 1. The van der Waals surface area contributed by atoms with Gasteiger partial charge in [-0.25, -0.2) is 0 Å². The van der Waals surface area contributed by atoms with Crippen molar-refractivity contribution in [2.24, 2.45) is 0 Å². The highest BCUT2D eigenvalue weighted by molar-refractivity contribution is 5.94. The topological polar surface area (TPSA) is 50.8 Å². The minimum atomic E-state index is -0.0930. The summed E-state index contributed by atoms with van der Waals surface area (Å²) < 4.78 is 11.4. The molecule has 1 N–H and O–H groups in total. The Morgan fingerprint density at radius 1 is 1.24 bits per heavy atom. The van der Waals surface area contributed by atoms with Gasteiger partial charge in [0, 0.05) is 18.7 Å². The molecule has 1 aliphatic heterocycles. The number of likely N-dealkylation sites (N-methyl/N-ethyl adjacent to an activating group) is 1. The zero-order chi connectivity index (χ0) is 20.6. The summed E-state index contributed by atoms with van der Waals surface area (Å²) in [7, 11) is 4.06. The fourth-order valence-electron chi connectivity index (χ4n) is 3.56. The Balaban J connectivity index is 1.58. The molecular formula is C24H32N2O3. The molecule has 29 heavy (non-hydrogen) atoms. The number of carbonyl (C=O) groups is 1. The van der Waals surface area contributed by atoms with Crippen LogP contribution < -0.4 is 10.1 Å². The molecule has 1 fully saturated rings. The molecule has 0 aromatic heterocycles. The second kappa shape index (κ2) is 10.4. The van der Waals surface area contributed by atoms with Crippen LogP contribution in [0.1, 0.15) is 47.3 Å². The molecule has 0 radical (unpaired) electrons. The molecule has 0 bridgehead atoms. The van der Waals surface area contributed by atoms with E-state index in [1.54, 1.807) is 6.07 Å². The summed E-state index contributed by atoms with van der Waals surface area (Å²) in [6.45, 7) is 4.03. The van der Waals surface area contributed by atoms with Crippen LogP contribution in [-0.2, 0) is 11.2 Å². The van der Waals surface area contributed by atoms with Crippen molar-refractivity contribution < 1.29 is 14.3 Å². The van der Waals surface area contributed by atoms with E-state index in [-0.39, 0.29) is 18.1 Å². The second-order valence-corrected chi connectivity index (χ2v) is 7.76. The van der Waals surface area contributed by atoms with Gasteiger partial charge in [0.15, 0.2) is 0 Å². The Bertz CT molecular complexity index is 783. The normalized spacial score (nSPS) is 17.3. The predicted octanol–water partition coefficient (Wildman–Crippen LogP) is 3.84. The first-order valence-electron chi connectivity index (χ1n) is 10.4. The van der Waals surface area contributed by atoms with Gasteiger partial charge in [-0.15, -0.1) is 0 Å². The maximum absolute atomic E-state index is 12.7. The molecule has 3 rings (SSSR count). The lowest BCUT2D eigenvalue weighted by molar-refractivity contribution is 0.0679. The van der Waals surface area contributed by atoms with Crippen LogP contribution in [0.4, 0.5) is 0 Å². The molecule has 5 heteroatoms. The molecule has 0 saturated carbocycles. The van der Waals surface area contributed by atoms with E-state index in [1.165, 1.54) is 11.1 Å². The van der Waals surface area contributed by atoms with Gasteiger partial charge in [0.2, 0.25) is 0 Å². The lowest BCUT2D eigenvalue weighted by atomic mass is 10.0. The number of rotatable bonds is 9. The van der Waals surface area contributed by atoms with Crippen LogP contribution >= 0.6 is 0 Å². The van der Waals surface area contributed by atoms with Crippen molar-refractivity contribution in [3.05, 3.63) is 65.2 Å². The first-order chi connectivity index (χ1) is 14.1. The Kier molecular flexibility index (Phi) is 7.67. The van der Waals surface area contributed by atoms with Gasteiger partial charge in [-0.2, -0.15) is 0 Å². The monoisotopic (exact) mass is 396 g/mol. The lowest BCUT2D eigenvalue weighted by Crippen LogP contribution is -2.34. The molecule has 2 unspecified atom stereocenters. The van der Waals surface area contributed by atoms with Crippen LogP contribution in [0.25, 0.3) is 0 Å². The number of hydrogen-bond donors (Lipinski definition) is 1. The van der Waals surface area contributed by atoms with Gasteiger partial charge in [0.25, 0.3) is 5.91 Å². The van der Waals surface area contributed by atoms with Crippen molar-refractivity contribution in [1.82, 2.24) is 10.2 Å². The van der Waals surface area contributed by atoms with Crippen molar-refractivity contribution in [3.63, 3.8) is 0 Å². The molecule has 156 valence electrons. The molecule has 2 aromatic carbocycles. The van der Waals surface area contributed by atoms with Crippen molar-refractivity contribution >= 4 is 5.91 Å². The highest BCUT2D eigenvalue weighted by Gasteiger charge is 2.18. The maximum atomic E-state index is 12.7. The summed E-state index contributed by atoms with van der Waals surface area (Å²) in [5, 5.41) is 3.07. The molecule has 1 amide bonds. The van der Waals surface area contributed by atoms with Crippen molar-refractivity contribution in [1.29, 1.82) is 0 Å². The number of ether oxygens (including phenoxy) is 2. The summed E-state index contributed by atoms with van der Waals surface area (Å²) in [5.74, 6) is 0.608. The van der Waals surface area contributed by atoms with E-state index in [1.807, 2.05) is 32.3 Å². The van der Waals surface area contributed by atoms with E-state index in [0.717, 1.165) is 25.9 Å². The van der Waals surface area contributed by atoms with Crippen LogP contribution in [0.5, 0.6) is 5.75 Å². The van der Waals surface area contributed by atoms with Crippen molar-refractivity contribution in [2.75, 3.05) is 33.9 Å². The Hall–Kier alpha value is -2.37. The third kappa shape index (κ3) is 6.05. The molecule has 1 saturated heterocycles. The van der Waals surface area contributed by atoms with E-state index in [0.29, 0.717) is 24.5 Å². The van der Waals surface area contributed by atoms with Gasteiger partial charge in [-0.05, 0) is 62.7 Å². The Morgan fingerprint density at radius 2 is 2.03 bits per heavy atom. The smallest absolute Gasteiger partial charge is 0.251 e. The van der Waals surface area contributed by atoms with E-state index in [9.17, 15) is 4.79 Å². The molecule has 0 spiro atoms. The highest BCUT2D eigenvalue weighted by atomic mass is 16.5. The lowest BCUT2D eigenvalue weighted by Gasteiger charge is -2.25. The number of carbonyl (C=O) groups excluding carboxylic acids is 1. The van der Waals surface area contributed by atoms with Crippen LogP contribution in [-0.4, -0.2) is 50.8 Å². The van der Waals surface area contributed by atoms with Gasteiger partial charge in [0.1, 0.15) is 12.4 Å². The predicted molar refractivity (Wildman–Crippen MR) is 115 cm³/mol. The zero-order valence-corrected chi connectivity index (χ0v) is 17.7. The molecule has 5 nitrogen and oxygen atoms in total. The van der Waals surface area contributed by atoms with Crippen molar-refractivity contribution in [3.8, 4) is 5.75 Å². The van der Waals surface area contributed by atoms with Gasteiger partial charge in [-0.3, -0.25) is 4.79 Å². The van der Waals surface area contributed by atoms with E-state index >= 15 is 0 Å². The summed E-state index contributed by atoms with van der Waals surface area (Å²) in [4.78, 5) is 14.8. The fourth-order valence-corrected chi connectivity index (χ4v) is 3.56. The second-order valence-electron chi connectivity index (χ2n) is 7.76. The summed E-state index contributed by atoms with van der Waals surface area (Å²) in [5.41, 5.74) is 3.12. The largest absolute Gasteiger partial charge is 0.491 e. The van der Waals surface area contributed by atoms with Crippen LogP contribution in [0, 0.1) is 0 Å². The summed E-state index contributed by atoms with van der Waals surface area (Å²) in [6.07, 6.45) is 3.30. The molecule has 2 aromatic rings. The van der Waals surface area contributed by atoms with Crippen molar-refractivity contribution in [2.45, 2.75) is 38.3 Å². The molecular weight excluding hydrogens is 364 g/mol. The van der Waals surface area contributed by atoms with E-state index in [2.05, 4.69) is 41.4 Å². The standard InChI is InChI=1S/C24H32N2O3/c1-4-18-10-12-19(13-11-18)23(26(2)3)16-25-24(27)20-7-5-8-21(15-20)29-17-22-9-6-14-28-22/h5,7-8,10-13,15,22-23H,4,6,9,14,16-17H2,1-3H3,(H,25,27). The average Bonchev–Trinajstić information content (AvgIpc) is 3.26. The van der Waals surface area contributed by atoms with E-state index < -0.39 is 0 Å². The zero-order valence-electron chi connectivity index (χ0n) is 17.7. The molecule has 0 aliphatic carbocycles. The number of hydrogen-bond acceptors (Lipinski definition) is 4. The van der Waals surface area contributed by atoms with Gasteiger partial charge in [0.05, 0.1) is 12.1 Å². The quantitative estimate of drug-likeness (QED) is 0.700. The number of nitrogens with one attached hydrogen (secondary N) is 1. The number of amides is 1. The highest BCUT2D eigenvalue weighted by Crippen LogP contribution is 2.20.